The van der Waals surface area contributed by atoms with Crippen LogP contribution in [0.15, 0.2) is 46.0 Å². The molecule has 1 fully saturated rings. The number of hydrogen-bond donors (Lipinski definition) is 1. The standard InChI is InChI=1S/C17H16BrN3O2S/c1-11-2-7-15(24-11)9-19-20-17(23)12-8-16(22)21(10-12)14-5-3-13(18)4-6-14/h2-7,9,12H,8,10H2,1H3,(H,20,23)/b19-9-/t12-/m0/s1. The van der Waals surface area contributed by atoms with Gasteiger partial charge in [-0.2, -0.15) is 5.10 Å². The highest BCUT2D eigenvalue weighted by Crippen LogP contribution is 2.26. The second-order valence-electron chi connectivity index (χ2n) is 5.56. The van der Waals surface area contributed by atoms with Crippen LogP contribution < -0.4 is 10.3 Å². The lowest BCUT2D eigenvalue weighted by Gasteiger charge is -2.16. The number of nitrogens with zero attached hydrogens (tertiary/aromatic N) is 2. The molecule has 2 amide bonds. The number of thiophene rings is 1. The monoisotopic (exact) mass is 405 g/mol. The maximum Gasteiger partial charge on any atom is 0.245 e. The summed E-state index contributed by atoms with van der Waals surface area (Å²) in [5.74, 6) is -0.661. The van der Waals surface area contributed by atoms with Gasteiger partial charge in [-0.25, -0.2) is 5.43 Å². The van der Waals surface area contributed by atoms with Crippen molar-refractivity contribution >= 4 is 51.0 Å². The van der Waals surface area contributed by atoms with E-state index in [1.165, 1.54) is 4.88 Å². The highest BCUT2D eigenvalue weighted by atomic mass is 79.9. The first-order valence-electron chi connectivity index (χ1n) is 7.48. The van der Waals surface area contributed by atoms with E-state index in [0.717, 1.165) is 15.0 Å². The summed E-state index contributed by atoms with van der Waals surface area (Å²) in [6, 6.07) is 11.4. The van der Waals surface area contributed by atoms with Crippen LogP contribution in [0.3, 0.4) is 0 Å². The largest absolute Gasteiger partial charge is 0.312 e. The average Bonchev–Trinajstić information content (AvgIpc) is 3.14. The van der Waals surface area contributed by atoms with Crippen LogP contribution in [-0.2, 0) is 9.59 Å². The number of hydrazone groups is 1. The number of amides is 2. The summed E-state index contributed by atoms with van der Waals surface area (Å²) < 4.78 is 0.949. The summed E-state index contributed by atoms with van der Waals surface area (Å²) >= 11 is 4.97. The second-order valence-corrected chi connectivity index (χ2v) is 7.80. The molecule has 0 bridgehead atoms. The number of carbonyl (C=O) groups excluding carboxylic acids is 2. The summed E-state index contributed by atoms with van der Waals surface area (Å²) in [6.45, 7) is 2.39. The Morgan fingerprint density at radius 3 is 2.75 bits per heavy atom. The molecule has 1 saturated heterocycles. The topological polar surface area (TPSA) is 61.8 Å². The van der Waals surface area contributed by atoms with Crippen molar-refractivity contribution < 1.29 is 9.59 Å². The van der Waals surface area contributed by atoms with Crippen LogP contribution in [0.1, 0.15) is 16.2 Å². The van der Waals surface area contributed by atoms with Crippen LogP contribution in [0.25, 0.3) is 0 Å². The van der Waals surface area contributed by atoms with Gasteiger partial charge in [0.15, 0.2) is 0 Å². The minimum atomic E-state index is -0.386. The van der Waals surface area contributed by atoms with Crippen molar-refractivity contribution in [2.45, 2.75) is 13.3 Å². The van der Waals surface area contributed by atoms with Crippen molar-refractivity contribution in [1.82, 2.24) is 5.43 Å². The Morgan fingerprint density at radius 1 is 1.33 bits per heavy atom. The van der Waals surface area contributed by atoms with Gasteiger partial charge in [0.05, 0.1) is 12.1 Å². The van der Waals surface area contributed by atoms with Crippen LogP contribution in [0.2, 0.25) is 0 Å². The zero-order valence-electron chi connectivity index (χ0n) is 13.0. The van der Waals surface area contributed by atoms with E-state index in [-0.39, 0.29) is 24.2 Å². The number of hydrogen-bond acceptors (Lipinski definition) is 4. The smallest absolute Gasteiger partial charge is 0.245 e. The van der Waals surface area contributed by atoms with Crippen molar-refractivity contribution in [3.63, 3.8) is 0 Å². The molecule has 124 valence electrons. The fourth-order valence-corrected chi connectivity index (χ4v) is 3.54. The zero-order valence-corrected chi connectivity index (χ0v) is 15.4. The number of nitrogens with one attached hydrogen (secondary N) is 1. The lowest BCUT2D eigenvalue weighted by molar-refractivity contribution is -0.126. The van der Waals surface area contributed by atoms with Crippen LogP contribution in [0.4, 0.5) is 5.69 Å². The van der Waals surface area contributed by atoms with Gasteiger partial charge >= 0.3 is 0 Å². The first-order valence-corrected chi connectivity index (χ1v) is 9.09. The van der Waals surface area contributed by atoms with Gasteiger partial charge < -0.3 is 4.90 Å². The van der Waals surface area contributed by atoms with E-state index >= 15 is 0 Å². The van der Waals surface area contributed by atoms with Gasteiger partial charge in [-0.05, 0) is 43.3 Å². The zero-order chi connectivity index (χ0) is 17.1. The summed E-state index contributed by atoms with van der Waals surface area (Å²) in [5.41, 5.74) is 3.34. The van der Waals surface area contributed by atoms with Gasteiger partial charge in [0.2, 0.25) is 11.8 Å². The Morgan fingerprint density at radius 2 is 2.08 bits per heavy atom. The molecule has 0 saturated carbocycles. The maximum absolute atomic E-state index is 12.2. The molecule has 3 rings (SSSR count). The third kappa shape index (κ3) is 3.91. The SMILES string of the molecule is Cc1ccc(/C=N\NC(=O)[C@H]2CC(=O)N(c3ccc(Br)cc3)C2)s1. The molecule has 5 nitrogen and oxygen atoms in total. The second kappa shape index (κ2) is 7.27. The van der Waals surface area contributed by atoms with E-state index in [1.54, 1.807) is 22.5 Å². The number of rotatable bonds is 4. The Kier molecular flexibility index (Phi) is 5.11. The molecule has 1 aromatic carbocycles. The van der Waals surface area contributed by atoms with E-state index in [4.69, 9.17) is 0 Å². The Labute approximate surface area is 152 Å². The number of halogens is 1. The van der Waals surface area contributed by atoms with E-state index in [2.05, 4.69) is 26.5 Å². The molecule has 2 aromatic rings. The fourth-order valence-electron chi connectivity index (χ4n) is 2.53. The first-order chi connectivity index (χ1) is 11.5. The molecule has 24 heavy (non-hydrogen) atoms. The fraction of sp³-hybridized carbons (Fsp3) is 0.235. The molecular weight excluding hydrogens is 390 g/mol. The molecular formula is C17H16BrN3O2S. The first kappa shape index (κ1) is 16.9. The predicted octanol–water partition coefficient (Wildman–Crippen LogP) is 3.32. The molecule has 0 aliphatic carbocycles. The van der Waals surface area contributed by atoms with E-state index in [0.29, 0.717) is 6.54 Å². The molecule has 1 aromatic heterocycles. The lowest BCUT2D eigenvalue weighted by Crippen LogP contribution is -2.30. The maximum atomic E-state index is 12.2. The van der Waals surface area contributed by atoms with Crippen LogP contribution >= 0.6 is 27.3 Å². The van der Waals surface area contributed by atoms with E-state index in [9.17, 15) is 9.59 Å². The van der Waals surface area contributed by atoms with E-state index < -0.39 is 0 Å². The minimum Gasteiger partial charge on any atom is -0.312 e. The van der Waals surface area contributed by atoms with Gasteiger partial charge in [-0.15, -0.1) is 11.3 Å². The molecule has 1 N–H and O–H groups in total. The molecule has 0 radical (unpaired) electrons. The minimum absolute atomic E-state index is 0.0460. The lowest BCUT2D eigenvalue weighted by atomic mass is 10.1. The van der Waals surface area contributed by atoms with Gasteiger partial charge in [0.1, 0.15) is 0 Å². The van der Waals surface area contributed by atoms with Gasteiger partial charge in [-0.3, -0.25) is 9.59 Å². The van der Waals surface area contributed by atoms with Gasteiger partial charge in [-0.1, -0.05) is 15.9 Å². The van der Waals surface area contributed by atoms with Gasteiger partial charge in [0.25, 0.3) is 0 Å². The van der Waals surface area contributed by atoms with Crippen molar-refractivity contribution in [3.05, 3.63) is 50.6 Å². The Balaban J connectivity index is 1.59. The molecule has 1 aliphatic heterocycles. The third-order valence-electron chi connectivity index (χ3n) is 3.76. The van der Waals surface area contributed by atoms with E-state index in [1.807, 2.05) is 43.3 Å². The van der Waals surface area contributed by atoms with Crippen molar-refractivity contribution in [1.29, 1.82) is 0 Å². The molecule has 0 unspecified atom stereocenters. The normalized spacial score (nSPS) is 17.7. The summed E-state index contributed by atoms with van der Waals surface area (Å²) in [6.07, 6.45) is 1.83. The Hall–Kier alpha value is -1.99. The highest BCUT2D eigenvalue weighted by Gasteiger charge is 2.35. The number of benzene rings is 1. The summed E-state index contributed by atoms with van der Waals surface area (Å²) in [5, 5.41) is 3.98. The number of aryl methyl sites for hydroxylation is 1. The molecule has 0 spiro atoms. The number of anilines is 1. The average molecular weight is 406 g/mol. The van der Waals surface area contributed by atoms with Crippen molar-refractivity contribution in [2.75, 3.05) is 11.4 Å². The molecule has 1 aliphatic rings. The van der Waals surface area contributed by atoms with Crippen molar-refractivity contribution in [2.24, 2.45) is 11.0 Å². The van der Waals surface area contributed by atoms with Gasteiger partial charge in [0, 0.05) is 32.9 Å². The summed E-state index contributed by atoms with van der Waals surface area (Å²) in [4.78, 5) is 28.2. The van der Waals surface area contributed by atoms with Crippen LogP contribution in [0, 0.1) is 12.8 Å². The quantitative estimate of drug-likeness (QED) is 0.626. The third-order valence-corrected chi connectivity index (χ3v) is 5.23. The highest BCUT2D eigenvalue weighted by molar-refractivity contribution is 9.10. The summed E-state index contributed by atoms with van der Waals surface area (Å²) in [7, 11) is 0. The molecule has 1 atom stereocenters. The van der Waals surface area contributed by atoms with Crippen molar-refractivity contribution in [3.8, 4) is 0 Å². The molecule has 7 heteroatoms. The van der Waals surface area contributed by atoms with Crippen LogP contribution in [-0.4, -0.2) is 24.6 Å². The van der Waals surface area contributed by atoms with Crippen LogP contribution in [0.5, 0.6) is 0 Å². The predicted molar refractivity (Wildman–Crippen MR) is 99.4 cm³/mol. The number of carbonyl (C=O) groups is 2. The Bertz CT molecular complexity index is 785. The molecule has 2 heterocycles.